The first-order chi connectivity index (χ1) is 7.34. The normalized spacial score (nSPS) is 8.67. The minimum absolute atomic E-state index is 0. The van der Waals surface area contributed by atoms with Gasteiger partial charge in [0.25, 0.3) is 17.1 Å². The summed E-state index contributed by atoms with van der Waals surface area (Å²) in [6.07, 6.45) is 0. The number of benzene rings is 1. The summed E-state index contributed by atoms with van der Waals surface area (Å²) in [5, 5.41) is 42.1. The Morgan fingerprint density at radius 3 is 1.39 bits per heavy atom. The number of nitrogens with zero attached hydrogens (tertiary/aromatic N) is 3. The molecule has 1 aromatic rings. The largest absolute Gasteiger partial charge is 2.00 e. The molecule has 0 saturated carbocycles. The molecule has 0 aliphatic carbocycles. The molecule has 0 unspecified atom stereocenters. The van der Waals surface area contributed by atoms with Crippen molar-refractivity contribution in [1.82, 2.24) is 0 Å². The summed E-state index contributed by atoms with van der Waals surface area (Å²) in [6.45, 7) is 0. The second-order valence-electron chi connectivity index (χ2n) is 2.58. The number of nitro benzene ring substituents is 3. The van der Waals surface area contributed by atoms with Crippen LogP contribution in [0.3, 0.4) is 0 Å². The van der Waals surface area contributed by atoms with Gasteiger partial charge in [-0.15, -0.1) is 0 Å². The van der Waals surface area contributed by atoms with Gasteiger partial charge < -0.3 is 10.6 Å². The van der Waals surface area contributed by atoms with Crippen LogP contribution in [0.25, 0.3) is 0 Å². The van der Waals surface area contributed by atoms with E-state index in [0.717, 1.165) is 0 Å². The van der Waals surface area contributed by atoms with Crippen molar-refractivity contribution in [3.05, 3.63) is 42.5 Å². The van der Waals surface area contributed by atoms with Gasteiger partial charge in [0, 0.05) is 0 Å². The van der Waals surface area contributed by atoms with Crippen molar-refractivity contribution in [2.45, 2.75) is 0 Å². The monoisotopic (exact) mass is 384 g/mol. The SMILES string of the molecule is O.O=[N+]([O-])c1cc([N+](=O)[O-])c([O-])c([N+](=O)[O-])c1.[Ba+2]. The van der Waals surface area contributed by atoms with E-state index >= 15 is 0 Å². The molecule has 0 heterocycles. The smallest absolute Gasteiger partial charge is 0.863 e. The molecular weight excluding hydrogens is 379 g/mol. The van der Waals surface area contributed by atoms with E-state index < -0.39 is 37.6 Å². The van der Waals surface area contributed by atoms with Crippen molar-refractivity contribution in [2.75, 3.05) is 0 Å². The van der Waals surface area contributed by atoms with Crippen LogP contribution in [-0.2, 0) is 0 Å². The van der Waals surface area contributed by atoms with Crippen molar-refractivity contribution < 1.29 is 25.4 Å². The second kappa shape index (κ2) is 7.24. The molecule has 11 nitrogen and oxygen atoms in total. The third kappa shape index (κ3) is 3.90. The quantitative estimate of drug-likeness (QED) is 0.374. The Morgan fingerprint density at radius 2 is 1.17 bits per heavy atom. The molecule has 0 fully saturated rings. The molecule has 0 atom stereocenters. The molecule has 0 aliphatic rings. The zero-order chi connectivity index (χ0) is 12.5. The van der Waals surface area contributed by atoms with Crippen molar-refractivity contribution in [1.29, 1.82) is 0 Å². The van der Waals surface area contributed by atoms with Crippen LogP contribution >= 0.6 is 0 Å². The van der Waals surface area contributed by atoms with Crippen molar-refractivity contribution in [2.24, 2.45) is 0 Å². The number of rotatable bonds is 3. The predicted octanol–water partition coefficient (Wildman–Crippen LogP) is -0.721. The molecule has 0 aromatic heterocycles. The van der Waals surface area contributed by atoms with Crippen LogP contribution in [0.15, 0.2) is 12.1 Å². The van der Waals surface area contributed by atoms with E-state index in [-0.39, 0.29) is 54.4 Å². The minimum Gasteiger partial charge on any atom is -0.863 e. The van der Waals surface area contributed by atoms with Gasteiger partial charge in [-0.1, -0.05) is 0 Å². The first kappa shape index (κ1) is 19.1. The van der Waals surface area contributed by atoms with Crippen molar-refractivity contribution in [3.8, 4) is 5.75 Å². The van der Waals surface area contributed by atoms with Gasteiger partial charge in [0.05, 0.1) is 32.7 Å². The van der Waals surface area contributed by atoms with Crippen LogP contribution < -0.4 is 5.11 Å². The van der Waals surface area contributed by atoms with Gasteiger partial charge in [0.1, 0.15) is 0 Å². The van der Waals surface area contributed by atoms with E-state index in [1.807, 2.05) is 0 Å². The fourth-order valence-corrected chi connectivity index (χ4v) is 0.961. The van der Waals surface area contributed by atoms with Gasteiger partial charge in [0.2, 0.25) is 0 Å². The average molecular weight is 383 g/mol. The standard InChI is InChI=1S/C6H3N3O7.Ba.H2O/c10-6-4(8(13)14)1-3(7(11)12)2-5(6)9(15)16;;/h1-2,10H;;1H2/q;+2;/p-1. The Labute approximate surface area is 138 Å². The van der Waals surface area contributed by atoms with Gasteiger partial charge in [-0.25, -0.2) is 0 Å². The summed E-state index contributed by atoms with van der Waals surface area (Å²) in [6, 6.07) is 0.769. The molecule has 0 aliphatic heterocycles. The molecule has 1 rings (SSSR count). The second-order valence-corrected chi connectivity index (χ2v) is 2.58. The van der Waals surface area contributed by atoms with E-state index in [4.69, 9.17) is 0 Å². The Bertz CT molecular complexity index is 469. The number of hydrogen-bond donors (Lipinski definition) is 0. The first-order valence-electron chi connectivity index (χ1n) is 3.63. The van der Waals surface area contributed by atoms with Gasteiger partial charge in [0.15, 0.2) is 0 Å². The van der Waals surface area contributed by atoms with Crippen LogP contribution in [-0.4, -0.2) is 69.1 Å². The van der Waals surface area contributed by atoms with Gasteiger partial charge in [-0.05, 0) is 0 Å². The van der Waals surface area contributed by atoms with E-state index in [0.29, 0.717) is 12.1 Å². The Balaban J connectivity index is 0. The third-order valence-corrected chi connectivity index (χ3v) is 1.64. The van der Waals surface area contributed by atoms with Crippen molar-refractivity contribution >= 4 is 65.9 Å². The zero-order valence-corrected chi connectivity index (χ0v) is 13.0. The molecule has 0 radical (unpaired) electrons. The zero-order valence-electron chi connectivity index (χ0n) is 8.56. The van der Waals surface area contributed by atoms with Crippen LogP contribution in [0.4, 0.5) is 17.1 Å². The van der Waals surface area contributed by atoms with E-state index in [9.17, 15) is 35.4 Å². The van der Waals surface area contributed by atoms with Crippen LogP contribution in [0.5, 0.6) is 5.75 Å². The van der Waals surface area contributed by atoms with Crippen LogP contribution in [0.2, 0.25) is 0 Å². The molecular formula is C6H4BaN3O8+. The summed E-state index contributed by atoms with van der Waals surface area (Å²) in [5.74, 6) is -1.46. The molecule has 0 bridgehead atoms. The average Bonchev–Trinajstić information content (AvgIpc) is 2.16. The maximum atomic E-state index is 11.1. The van der Waals surface area contributed by atoms with E-state index in [1.54, 1.807) is 0 Å². The molecule has 2 N–H and O–H groups in total. The van der Waals surface area contributed by atoms with E-state index in [1.165, 1.54) is 0 Å². The number of hydrogen-bond acceptors (Lipinski definition) is 7. The summed E-state index contributed by atoms with van der Waals surface area (Å²) >= 11 is 0. The molecule has 0 amide bonds. The fourth-order valence-electron chi connectivity index (χ4n) is 0.961. The minimum atomic E-state index is -1.46. The Morgan fingerprint density at radius 1 is 0.833 bits per heavy atom. The number of non-ortho nitro benzene ring substituents is 1. The predicted molar refractivity (Wildman–Crippen MR) is 55.2 cm³/mol. The fraction of sp³-hybridized carbons (Fsp3) is 0. The maximum absolute atomic E-state index is 11.1. The summed E-state index contributed by atoms with van der Waals surface area (Å²) in [7, 11) is 0. The van der Waals surface area contributed by atoms with Crippen LogP contribution in [0, 0.1) is 30.3 Å². The third-order valence-electron chi connectivity index (χ3n) is 1.64. The maximum Gasteiger partial charge on any atom is 2.00 e. The molecule has 1 aromatic carbocycles. The first-order valence-corrected chi connectivity index (χ1v) is 3.63. The van der Waals surface area contributed by atoms with Crippen LogP contribution in [0.1, 0.15) is 0 Å². The Kier molecular flexibility index (Phi) is 7.69. The summed E-state index contributed by atoms with van der Waals surface area (Å²) in [4.78, 5) is 27.5. The number of nitro groups is 3. The molecule has 92 valence electrons. The summed E-state index contributed by atoms with van der Waals surface area (Å²) in [5.41, 5.74) is -3.26. The van der Waals surface area contributed by atoms with Gasteiger partial charge in [-0.3, -0.25) is 30.3 Å². The topological polar surface area (TPSA) is 184 Å². The Hall–Kier alpha value is -1.25. The molecule has 18 heavy (non-hydrogen) atoms. The van der Waals surface area contributed by atoms with Gasteiger partial charge >= 0.3 is 48.9 Å². The van der Waals surface area contributed by atoms with E-state index in [2.05, 4.69) is 0 Å². The van der Waals surface area contributed by atoms with Gasteiger partial charge in [-0.2, -0.15) is 0 Å². The molecule has 0 saturated heterocycles. The molecule has 12 heteroatoms. The molecule has 0 spiro atoms. The summed E-state index contributed by atoms with van der Waals surface area (Å²) < 4.78 is 0. The van der Waals surface area contributed by atoms with Crippen molar-refractivity contribution in [3.63, 3.8) is 0 Å².